The molecular weight excluding hydrogens is 364 g/mol. The predicted molar refractivity (Wildman–Crippen MR) is 86.7 cm³/mol. The van der Waals surface area contributed by atoms with Crippen LogP contribution in [0.2, 0.25) is 0 Å². The Balaban J connectivity index is 0.00000200. The van der Waals surface area contributed by atoms with Gasteiger partial charge in [-0.15, -0.1) is 12.4 Å². The zero-order valence-electron chi connectivity index (χ0n) is 11.6. The lowest BCUT2D eigenvalue weighted by Crippen LogP contribution is -2.34. The fraction of sp³-hybridized carbons (Fsp3) is 0.538. The molecule has 0 saturated carbocycles. The normalized spacial score (nSPS) is 23.6. The Morgan fingerprint density at radius 1 is 1.45 bits per heavy atom. The van der Waals surface area contributed by atoms with E-state index in [1.807, 2.05) is 13.8 Å². The predicted octanol–water partition coefficient (Wildman–Crippen LogP) is 2.54. The van der Waals surface area contributed by atoms with Crippen LogP contribution in [-0.4, -0.2) is 32.4 Å². The highest BCUT2D eigenvalue weighted by atomic mass is 79.9. The molecule has 2 rings (SSSR count). The van der Waals surface area contributed by atoms with E-state index in [1.54, 1.807) is 22.5 Å². The van der Waals surface area contributed by atoms with Crippen molar-refractivity contribution >= 4 is 38.4 Å². The van der Waals surface area contributed by atoms with Crippen molar-refractivity contribution in [2.24, 2.45) is 11.1 Å². The van der Waals surface area contributed by atoms with E-state index in [-0.39, 0.29) is 17.8 Å². The van der Waals surface area contributed by atoms with Gasteiger partial charge < -0.3 is 5.73 Å². The Hall–Kier alpha value is -0.140. The molecule has 7 heteroatoms. The maximum atomic E-state index is 12.6. The van der Waals surface area contributed by atoms with Gasteiger partial charge in [0, 0.05) is 17.6 Å². The summed E-state index contributed by atoms with van der Waals surface area (Å²) in [5.74, 6) is 0. The number of aryl methyl sites for hydroxylation is 1. The molecule has 20 heavy (non-hydrogen) atoms. The molecular formula is C13H20BrClN2O2S. The summed E-state index contributed by atoms with van der Waals surface area (Å²) in [6.07, 6.45) is 0.818. The highest BCUT2D eigenvalue weighted by molar-refractivity contribution is 9.10. The summed E-state index contributed by atoms with van der Waals surface area (Å²) in [7, 11) is -3.40. The smallest absolute Gasteiger partial charge is 0.243 e. The molecule has 0 bridgehead atoms. The van der Waals surface area contributed by atoms with E-state index in [0.717, 1.165) is 16.5 Å². The molecule has 1 heterocycles. The highest BCUT2D eigenvalue weighted by Gasteiger charge is 2.38. The summed E-state index contributed by atoms with van der Waals surface area (Å²) in [6.45, 7) is 5.48. The Morgan fingerprint density at radius 3 is 2.60 bits per heavy atom. The molecule has 4 nitrogen and oxygen atoms in total. The first-order valence-corrected chi connectivity index (χ1v) is 8.48. The second-order valence-electron chi connectivity index (χ2n) is 5.51. The van der Waals surface area contributed by atoms with E-state index < -0.39 is 10.0 Å². The van der Waals surface area contributed by atoms with Crippen molar-refractivity contribution in [2.45, 2.75) is 25.2 Å². The molecule has 114 valence electrons. The number of halogens is 2. The molecule has 1 aliphatic heterocycles. The molecule has 0 aromatic heterocycles. The third-order valence-electron chi connectivity index (χ3n) is 3.78. The van der Waals surface area contributed by atoms with Gasteiger partial charge in [0.25, 0.3) is 0 Å². The number of benzene rings is 1. The Kier molecular flexibility index (Phi) is 5.66. The first-order chi connectivity index (χ1) is 8.78. The molecule has 1 atom stereocenters. The van der Waals surface area contributed by atoms with Gasteiger partial charge in [-0.3, -0.25) is 0 Å². The molecule has 1 aliphatic rings. The number of nitrogens with two attached hydrogens (primary N) is 1. The van der Waals surface area contributed by atoms with Crippen molar-refractivity contribution in [3.05, 3.63) is 28.2 Å². The Bertz CT molecular complexity index is 594. The molecule has 1 fully saturated rings. The molecule has 1 aromatic carbocycles. The lowest BCUT2D eigenvalue weighted by Gasteiger charge is -2.22. The summed E-state index contributed by atoms with van der Waals surface area (Å²) < 4.78 is 27.6. The third-order valence-corrected chi connectivity index (χ3v) is 6.51. The van der Waals surface area contributed by atoms with Gasteiger partial charge in [-0.05, 0) is 49.1 Å². The minimum atomic E-state index is -3.40. The van der Waals surface area contributed by atoms with Gasteiger partial charge in [0.2, 0.25) is 10.0 Å². The molecule has 0 amide bonds. The minimum absolute atomic E-state index is 0. The Morgan fingerprint density at radius 2 is 2.10 bits per heavy atom. The number of rotatable bonds is 3. The van der Waals surface area contributed by atoms with Crippen LogP contribution in [0.25, 0.3) is 0 Å². The standard InChI is InChI=1S/C13H19BrN2O2S.ClH/c1-10-7-11(3-4-12(10)14)19(17,18)16-6-5-13(2,8-15)9-16;/h3-4,7H,5-6,8-9,15H2,1-2H3;1H. The summed E-state index contributed by atoms with van der Waals surface area (Å²) >= 11 is 3.38. The maximum absolute atomic E-state index is 12.6. The van der Waals surface area contributed by atoms with Crippen molar-refractivity contribution in [1.29, 1.82) is 0 Å². The molecule has 2 N–H and O–H groups in total. The van der Waals surface area contributed by atoms with Crippen LogP contribution in [0.1, 0.15) is 18.9 Å². The van der Waals surface area contributed by atoms with Gasteiger partial charge in [-0.25, -0.2) is 8.42 Å². The number of sulfonamides is 1. The van der Waals surface area contributed by atoms with Crippen molar-refractivity contribution in [3.63, 3.8) is 0 Å². The van der Waals surface area contributed by atoms with Crippen molar-refractivity contribution < 1.29 is 8.42 Å². The molecule has 0 aliphatic carbocycles. The monoisotopic (exact) mass is 382 g/mol. The summed E-state index contributed by atoms with van der Waals surface area (Å²) in [5, 5.41) is 0. The quantitative estimate of drug-likeness (QED) is 0.872. The zero-order valence-corrected chi connectivity index (χ0v) is 14.8. The van der Waals surface area contributed by atoms with Gasteiger partial charge in [0.1, 0.15) is 0 Å². The molecule has 1 aromatic rings. The lowest BCUT2D eigenvalue weighted by molar-refractivity contribution is 0.349. The number of hydrogen-bond donors (Lipinski definition) is 1. The second-order valence-corrected chi connectivity index (χ2v) is 8.31. The van der Waals surface area contributed by atoms with E-state index in [4.69, 9.17) is 5.73 Å². The van der Waals surface area contributed by atoms with E-state index >= 15 is 0 Å². The molecule has 1 unspecified atom stereocenters. The minimum Gasteiger partial charge on any atom is -0.330 e. The molecule has 0 spiro atoms. The average Bonchev–Trinajstić information content (AvgIpc) is 2.77. The summed E-state index contributed by atoms with van der Waals surface area (Å²) in [4.78, 5) is 0.356. The topological polar surface area (TPSA) is 63.4 Å². The van der Waals surface area contributed by atoms with Crippen LogP contribution >= 0.6 is 28.3 Å². The van der Waals surface area contributed by atoms with E-state index in [1.165, 1.54) is 0 Å². The van der Waals surface area contributed by atoms with Gasteiger partial charge >= 0.3 is 0 Å². The fourth-order valence-corrected chi connectivity index (χ4v) is 4.20. The van der Waals surface area contributed by atoms with Crippen molar-refractivity contribution in [1.82, 2.24) is 4.31 Å². The number of nitrogens with zero attached hydrogens (tertiary/aromatic N) is 1. The highest BCUT2D eigenvalue weighted by Crippen LogP contribution is 2.33. The first kappa shape index (κ1) is 17.9. The van der Waals surface area contributed by atoms with Gasteiger partial charge in [-0.2, -0.15) is 4.31 Å². The van der Waals surface area contributed by atoms with Crippen LogP contribution in [0.15, 0.2) is 27.6 Å². The van der Waals surface area contributed by atoms with Gasteiger partial charge in [0.05, 0.1) is 4.90 Å². The van der Waals surface area contributed by atoms with E-state index in [0.29, 0.717) is 24.5 Å². The van der Waals surface area contributed by atoms with Crippen LogP contribution in [0.5, 0.6) is 0 Å². The molecule has 1 saturated heterocycles. The second kappa shape index (κ2) is 6.32. The van der Waals surface area contributed by atoms with Crippen LogP contribution < -0.4 is 5.73 Å². The van der Waals surface area contributed by atoms with Gasteiger partial charge in [0.15, 0.2) is 0 Å². The lowest BCUT2D eigenvalue weighted by atomic mass is 9.90. The average molecular weight is 384 g/mol. The maximum Gasteiger partial charge on any atom is 0.243 e. The van der Waals surface area contributed by atoms with Crippen molar-refractivity contribution in [2.75, 3.05) is 19.6 Å². The van der Waals surface area contributed by atoms with Gasteiger partial charge in [-0.1, -0.05) is 22.9 Å². The zero-order chi connectivity index (χ0) is 14.3. The van der Waals surface area contributed by atoms with Crippen LogP contribution in [0.4, 0.5) is 0 Å². The summed E-state index contributed by atoms with van der Waals surface area (Å²) in [6, 6.07) is 5.13. The van der Waals surface area contributed by atoms with E-state index in [9.17, 15) is 8.42 Å². The van der Waals surface area contributed by atoms with E-state index in [2.05, 4.69) is 15.9 Å². The fourth-order valence-electron chi connectivity index (χ4n) is 2.28. The number of hydrogen-bond acceptors (Lipinski definition) is 3. The Labute approximate surface area is 135 Å². The van der Waals surface area contributed by atoms with Crippen LogP contribution in [-0.2, 0) is 10.0 Å². The molecule has 0 radical (unpaired) electrons. The third kappa shape index (κ3) is 3.36. The largest absolute Gasteiger partial charge is 0.330 e. The SMILES string of the molecule is Cc1cc(S(=O)(=O)N2CCC(C)(CN)C2)ccc1Br.Cl. The first-order valence-electron chi connectivity index (χ1n) is 6.25. The van der Waals surface area contributed by atoms with Crippen molar-refractivity contribution in [3.8, 4) is 0 Å². The summed E-state index contributed by atoms with van der Waals surface area (Å²) in [5.41, 5.74) is 6.55. The van der Waals surface area contributed by atoms with Crippen LogP contribution in [0, 0.1) is 12.3 Å². The van der Waals surface area contributed by atoms with Crippen LogP contribution in [0.3, 0.4) is 0 Å².